The molecule has 104 valence electrons. The van der Waals surface area contributed by atoms with E-state index in [2.05, 4.69) is 21.2 Å². The Labute approximate surface area is 125 Å². The number of benzene rings is 2. The van der Waals surface area contributed by atoms with Crippen LogP contribution in [0.1, 0.15) is 21.5 Å². The summed E-state index contributed by atoms with van der Waals surface area (Å²) in [6.07, 6.45) is 0. The SMILES string of the molecule is Cc1ccc(F)c(C(=O)Nc2c(C)cc(Br)cc2N)c1. The average molecular weight is 337 g/mol. The summed E-state index contributed by atoms with van der Waals surface area (Å²) in [6.45, 7) is 3.62. The molecule has 2 rings (SSSR count). The molecule has 0 unspecified atom stereocenters. The Kier molecular flexibility index (Phi) is 4.09. The minimum absolute atomic E-state index is 0.00622. The van der Waals surface area contributed by atoms with Gasteiger partial charge in [0.1, 0.15) is 5.82 Å². The van der Waals surface area contributed by atoms with Crippen LogP contribution >= 0.6 is 15.9 Å². The largest absolute Gasteiger partial charge is 0.397 e. The van der Waals surface area contributed by atoms with Crippen LogP contribution in [-0.4, -0.2) is 5.91 Å². The molecular weight excluding hydrogens is 323 g/mol. The highest BCUT2D eigenvalue weighted by molar-refractivity contribution is 9.10. The monoisotopic (exact) mass is 336 g/mol. The molecule has 0 aliphatic rings. The second kappa shape index (κ2) is 5.63. The van der Waals surface area contributed by atoms with E-state index in [1.165, 1.54) is 12.1 Å². The number of amides is 1. The lowest BCUT2D eigenvalue weighted by atomic mass is 10.1. The topological polar surface area (TPSA) is 55.1 Å². The van der Waals surface area contributed by atoms with Crippen LogP contribution in [0.5, 0.6) is 0 Å². The van der Waals surface area contributed by atoms with Crippen LogP contribution in [0.4, 0.5) is 15.8 Å². The van der Waals surface area contributed by atoms with Gasteiger partial charge in [-0.05, 0) is 43.7 Å². The van der Waals surface area contributed by atoms with E-state index in [0.717, 1.165) is 15.6 Å². The van der Waals surface area contributed by atoms with Gasteiger partial charge in [-0.2, -0.15) is 0 Å². The third kappa shape index (κ3) is 2.99. The van der Waals surface area contributed by atoms with E-state index < -0.39 is 11.7 Å². The van der Waals surface area contributed by atoms with Gasteiger partial charge in [0.05, 0.1) is 16.9 Å². The number of halogens is 2. The zero-order valence-corrected chi connectivity index (χ0v) is 12.7. The number of carbonyl (C=O) groups is 1. The third-order valence-corrected chi connectivity index (χ3v) is 3.39. The number of nitrogens with one attached hydrogen (secondary N) is 1. The second-order valence-electron chi connectivity index (χ2n) is 4.62. The van der Waals surface area contributed by atoms with Gasteiger partial charge < -0.3 is 11.1 Å². The van der Waals surface area contributed by atoms with Gasteiger partial charge in [0.15, 0.2) is 0 Å². The predicted molar refractivity (Wildman–Crippen MR) is 82.4 cm³/mol. The first-order valence-corrected chi connectivity index (χ1v) is 6.81. The van der Waals surface area contributed by atoms with Crippen LogP contribution in [-0.2, 0) is 0 Å². The Balaban J connectivity index is 2.35. The molecule has 20 heavy (non-hydrogen) atoms. The van der Waals surface area contributed by atoms with E-state index in [4.69, 9.17) is 5.73 Å². The van der Waals surface area contributed by atoms with Crippen LogP contribution in [0.15, 0.2) is 34.8 Å². The molecule has 0 fully saturated rings. The summed E-state index contributed by atoms with van der Waals surface area (Å²) >= 11 is 3.33. The Morgan fingerprint density at radius 3 is 2.60 bits per heavy atom. The molecule has 0 heterocycles. The van der Waals surface area contributed by atoms with Gasteiger partial charge in [-0.15, -0.1) is 0 Å². The highest BCUT2D eigenvalue weighted by Gasteiger charge is 2.14. The Bertz CT molecular complexity index is 663. The number of aryl methyl sites for hydroxylation is 2. The van der Waals surface area contributed by atoms with Crippen molar-refractivity contribution in [1.82, 2.24) is 0 Å². The zero-order valence-electron chi connectivity index (χ0n) is 11.1. The summed E-state index contributed by atoms with van der Waals surface area (Å²) in [5.74, 6) is -1.07. The Morgan fingerprint density at radius 2 is 1.95 bits per heavy atom. The molecule has 5 heteroatoms. The molecule has 0 saturated carbocycles. The Morgan fingerprint density at radius 1 is 1.25 bits per heavy atom. The summed E-state index contributed by atoms with van der Waals surface area (Å²) in [5.41, 5.74) is 8.43. The quantitative estimate of drug-likeness (QED) is 0.813. The van der Waals surface area contributed by atoms with Gasteiger partial charge in [-0.25, -0.2) is 4.39 Å². The van der Waals surface area contributed by atoms with Gasteiger partial charge in [0.25, 0.3) is 5.91 Å². The molecule has 3 N–H and O–H groups in total. The van der Waals surface area contributed by atoms with Crippen LogP contribution in [0, 0.1) is 19.7 Å². The second-order valence-corrected chi connectivity index (χ2v) is 5.54. The first kappa shape index (κ1) is 14.5. The number of nitrogen functional groups attached to an aromatic ring is 1. The van der Waals surface area contributed by atoms with Crippen molar-refractivity contribution in [3.8, 4) is 0 Å². The van der Waals surface area contributed by atoms with Crippen LogP contribution < -0.4 is 11.1 Å². The molecule has 0 bridgehead atoms. The molecule has 0 aromatic heterocycles. The van der Waals surface area contributed by atoms with Gasteiger partial charge >= 0.3 is 0 Å². The van der Waals surface area contributed by atoms with E-state index in [9.17, 15) is 9.18 Å². The molecule has 2 aromatic carbocycles. The van der Waals surface area contributed by atoms with Crippen molar-refractivity contribution >= 4 is 33.2 Å². The standard InChI is InChI=1S/C15H14BrFN2O/c1-8-3-4-12(17)11(5-8)15(20)19-14-9(2)6-10(16)7-13(14)18/h3-7H,18H2,1-2H3,(H,19,20). The van der Waals surface area contributed by atoms with Gasteiger partial charge in [-0.3, -0.25) is 4.79 Å². The van der Waals surface area contributed by atoms with Crippen molar-refractivity contribution in [2.24, 2.45) is 0 Å². The van der Waals surface area contributed by atoms with Crippen molar-refractivity contribution < 1.29 is 9.18 Å². The van der Waals surface area contributed by atoms with Gasteiger partial charge in [0, 0.05) is 4.47 Å². The lowest BCUT2D eigenvalue weighted by Gasteiger charge is -2.12. The normalized spacial score (nSPS) is 10.4. The molecule has 2 aromatic rings. The summed E-state index contributed by atoms with van der Waals surface area (Å²) in [5, 5.41) is 2.67. The first-order chi connectivity index (χ1) is 9.38. The molecule has 0 aliphatic carbocycles. The summed E-state index contributed by atoms with van der Waals surface area (Å²) in [6, 6.07) is 7.93. The molecule has 0 spiro atoms. The predicted octanol–water partition coefficient (Wildman–Crippen LogP) is 4.04. The van der Waals surface area contributed by atoms with Crippen molar-refractivity contribution in [2.75, 3.05) is 11.1 Å². The van der Waals surface area contributed by atoms with Crippen molar-refractivity contribution in [3.05, 3.63) is 57.3 Å². The van der Waals surface area contributed by atoms with Crippen LogP contribution in [0.25, 0.3) is 0 Å². The maximum absolute atomic E-state index is 13.7. The third-order valence-electron chi connectivity index (χ3n) is 2.94. The van der Waals surface area contributed by atoms with Crippen LogP contribution in [0.3, 0.4) is 0 Å². The number of rotatable bonds is 2. The fourth-order valence-electron chi connectivity index (χ4n) is 1.93. The molecule has 0 aliphatic heterocycles. The molecule has 0 radical (unpaired) electrons. The number of carbonyl (C=O) groups excluding carboxylic acids is 1. The lowest BCUT2D eigenvalue weighted by molar-refractivity contribution is 0.102. The first-order valence-electron chi connectivity index (χ1n) is 6.01. The van der Waals surface area contributed by atoms with E-state index in [1.54, 1.807) is 19.1 Å². The highest BCUT2D eigenvalue weighted by Crippen LogP contribution is 2.28. The lowest BCUT2D eigenvalue weighted by Crippen LogP contribution is -2.16. The van der Waals surface area contributed by atoms with Crippen molar-refractivity contribution in [3.63, 3.8) is 0 Å². The smallest absolute Gasteiger partial charge is 0.258 e. The summed E-state index contributed by atoms with van der Waals surface area (Å²) in [4.78, 5) is 12.2. The van der Waals surface area contributed by atoms with Crippen molar-refractivity contribution in [2.45, 2.75) is 13.8 Å². The van der Waals surface area contributed by atoms with E-state index in [0.29, 0.717) is 11.4 Å². The molecule has 0 atom stereocenters. The van der Waals surface area contributed by atoms with E-state index >= 15 is 0 Å². The number of hydrogen-bond acceptors (Lipinski definition) is 2. The Hall–Kier alpha value is -1.88. The fourth-order valence-corrected chi connectivity index (χ4v) is 2.52. The van der Waals surface area contributed by atoms with Crippen molar-refractivity contribution in [1.29, 1.82) is 0 Å². The van der Waals surface area contributed by atoms with E-state index in [-0.39, 0.29) is 5.56 Å². The number of anilines is 2. The number of hydrogen-bond donors (Lipinski definition) is 2. The minimum Gasteiger partial charge on any atom is -0.397 e. The molecule has 0 saturated heterocycles. The highest BCUT2D eigenvalue weighted by atomic mass is 79.9. The molecule has 3 nitrogen and oxygen atoms in total. The van der Waals surface area contributed by atoms with Crippen LogP contribution in [0.2, 0.25) is 0 Å². The zero-order chi connectivity index (χ0) is 14.9. The summed E-state index contributed by atoms with van der Waals surface area (Å²) in [7, 11) is 0. The molecular formula is C15H14BrFN2O. The minimum atomic E-state index is -0.554. The summed E-state index contributed by atoms with van der Waals surface area (Å²) < 4.78 is 14.5. The van der Waals surface area contributed by atoms with E-state index in [1.807, 2.05) is 13.0 Å². The van der Waals surface area contributed by atoms with Gasteiger partial charge in [-0.1, -0.05) is 27.6 Å². The fraction of sp³-hybridized carbons (Fsp3) is 0.133. The van der Waals surface area contributed by atoms with Gasteiger partial charge in [0.2, 0.25) is 0 Å². The average Bonchev–Trinajstić information content (AvgIpc) is 2.36. The molecule has 1 amide bonds. The number of nitrogens with two attached hydrogens (primary N) is 1. The maximum atomic E-state index is 13.7. The maximum Gasteiger partial charge on any atom is 0.258 e.